The van der Waals surface area contributed by atoms with Crippen LogP contribution in [-0.4, -0.2) is 28.5 Å². The van der Waals surface area contributed by atoms with Crippen LogP contribution >= 0.6 is 0 Å². The van der Waals surface area contributed by atoms with E-state index < -0.39 is 18.4 Å². The number of rotatable bonds is 4. The predicted molar refractivity (Wildman–Crippen MR) is 74.4 cm³/mol. The van der Waals surface area contributed by atoms with Gasteiger partial charge in [-0.25, -0.2) is 4.98 Å². The smallest absolute Gasteiger partial charge is 0.323 e. The summed E-state index contributed by atoms with van der Waals surface area (Å²) in [6.07, 6.45) is 1.44. The molecule has 0 aliphatic heterocycles. The third-order valence-electron chi connectivity index (χ3n) is 2.65. The van der Waals surface area contributed by atoms with Gasteiger partial charge in [-0.1, -0.05) is 18.2 Å². The maximum absolute atomic E-state index is 12.4. The fraction of sp³-hybridized carbons (Fsp3) is 0.0714. The van der Waals surface area contributed by atoms with Crippen molar-refractivity contribution in [2.75, 3.05) is 17.2 Å². The monoisotopic (exact) mass is 271 g/mol. The highest BCUT2D eigenvalue weighted by Crippen LogP contribution is 2.18. The SMILES string of the molecule is Nc1cccnc1C(=O)N(CC(=O)O)c1ccccc1. The summed E-state index contributed by atoms with van der Waals surface area (Å²) in [7, 11) is 0. The van der Waals surface area contributed by atoms with E-state index in [1.165, 1.54) is 6.20 Å². The molecule has 0 spiro atoms. The molecule has 20 heavy (non-hydrogen) atoms. The number of carboxylic acid groups (broad SMARTS) is 1. The van der Waals surface area contributed by atoms with Crippen molar-refractivity contribution in [2.45, 2.75) is 0 Å². The van der Waals surface area contributed by atoms with Crippen LogP contribution in [0.1, 0.15) is 10.5 Å². The van der Waals surface area contributed by atoms with Crippen molar-refractivity contribution in [3.05, 3.63) is 54.4 Å². The zero-order chi connectivity index (χ0) is 14.5. The Kier molecular flexibility index (Phi) is 3.95. The van der Waals surface area contributed by atoms with E-state index in [4.69, 9.17) is 10.8 Å². The summed E-state index contributed by atoms with van der Waals surface area (Å²) in [5.74, 6) is -1.66. The Morgan fingerprint density at radius 1 is 1.15 bits per heavy atom. The summed E-state index contributed by atoms with van der Waals surface area (Å²) in [4.78, 5) is 28.4. The molecule has 2 aromatic rings. The largest absolute Gasteiger partial charge is 0.480 e. The van der Waals surface area contributed by atoms with Gasteiger partial charge in [0.15, 0.2) is 5.69 Å². The Morgan fingerprint density at radius 3 is 2.45 bits per heavy atom. The number of aliphatic carboxylic acids is 1. The second-order valence-electron chi connectivity index (χ2n) is 4.06. The normalized spacial score (nSPS) is 10.0. The molecule has 0 aliphatic carbocycles. The molecule has 1 aromatic carbocycles. The molecule has 102 valence electrons. The summed E-state index contributed by atoms with van der Waals surface area (Å²) in [6, 6.07) is 11.7. The number of nitrogens with zero attached hydrogens (tertiary/aromatic N) is 2. The molecule has 1 aromatic heterocycles. The number of aromatic nitrogens is 1. The molecule has 6 nitrogen and oxygen atoms in total. The number of pyridine rings is 1. The van der Waals surface area contributed by atoms with Gasteiger partial charge in [0.25, 0.3) is 5.91 Å². The number of benzene rings is 1. The second-order valence-corrected chi connectivity index (χ2v) is 4.06. The van der Waals surface area contributed by atoms with Crippen molar-refractivity contribution in [1.82, 2.24) is 4.98 Å². The number of anilines is 2. The average Bonchev–Trinajstić information content (AvgIpc) is 2.45. The van der Waals surface area contributed by atoms with Gasteiger partial charge in [-0.15, -0.1) is 0 Å². The van der Waals surface area contributed by atoms with Crippen LogP contribution in [0.5, 0.6) is 0 Å². The molecular weight excluding hydrogens is 258 g/mol. The van der Waals surface area contributed by atoms with Crippen LogP contribution in [0.2, 0.25) is 0 Å². The van der Waals surface area contributed by atoms with E-state index in [1.807, 2.05) is 0 Å². The highest BCUT2D eigenvalue weighted by atomic mass is 16.4. The maximum atomic E-state index is 12.4. The van der Waals surface area contributed by atoms with E-state index in [-0.39, 0.29) is 11.4 Å². The van der Waals surface area contributed by atoms with E-state index in [9.17, 15) is 9.59 Å². The van der Waals surface area contributed by atoms with Crippen molar-refractivity contribution >= 4 is 23.3 Å². The summed E-state index contributed by atoms with van der Waals surface area (Å²) in [6.45, 7) is -0.459. The summed E-state index contributed by atoms with van der Waals surface area (Å²) >= 11 is 0. The van der Waals surface area contributed by atoms with Crippen molar-refractivity contribution in [3.8, 4) is 0 Å². The molecule has 0 unspecified atom stereocenters. The van der Waals surface area contributed by atoms with Crippen LogP contribution in [0.3, 0.4) is 0 Å². The van der Waals surface area contributed by atoms with Crippen LogP contribution < -0.4 is 10.6 Å². The zero-order valence-corrected chi connectivity index (χ0v) is 10.6. The first-order chi connectivity index (χ1) is 9.59. The van der Waals surface area contributed by atoms with Crippen LogP contribution in [-0.2, 0) is 4.79 Å². The minimum Gasteiger partial charge on any atom is -0.480 e. The zero-order valence-electron chi connectivity index (χ0n) is 10.6. The van der Waals surface area contributed by atoms with E-state index in [0.717, 1.165) is 4.90 Å². The lowest BCUT2D eigenvalue weighted by Gasteiger charge is -2.20. The first-order valence-corrected chi connectivity index (χ1v) is 5.89. The van der Waals surface area contributed by atoms with Gasteiger partial charge in [-0.2, -0.15) is 0 Å². The van der Waals surface area contributed by atoms with Crippen LogP contribution in [0.15, 0.2) is 48.7 Å². The number of carbonyl (C=O) groups excluding carboxylic acids is 1. The van der Waals surface area contributed by atoms with Crippen molar-refractivity contribution in [1.29, 1.82) is 0 Å². The lowest BCUT2D eigenvalue weighted by atomic mass is 10.2. The minimum atomic E-state index is -1.11. The van der Waals surface area contributed by atoms with Gasteiger partial charge >= 0.3 is 5.97 Å². The first kappa shape index (κ1) is 13.5. The van der Waals surface area contributed by atoms with Crippen molar-refractivity contribution in [3.63, 3.8) is 0 Å². The minimum absolute atomic E-state index is 0.0394. The molecule has 6 heteroatoms. The Labute approximate surface area is 115 Å². The quantitative estimate of drug-likeness (QED) is 0.876. The molecular formula is C14H13N3O3. The number of para-hydroxylation sites is 1. The molecule has 3 N–H and O–H groups in total. The number of amides is 1. The fourth-order valence-electron chi connectivity index (χ4n) is 1.75. The summed E-state index contributed by atoms with van der Waals surface area (Å²) < 4.78 is 0. The lowest BCUT2D eigenvalue weighted by molar-refractivity contribution is -0.135. The predicted octanol–water partition coefficient (Wildman–Crippen LogP) is 1.40. The van der Waals surface area contributed by atoms with Crippen LogP contribution in [0.25, 0.3) is 0 Å². The Balaban J connectivity index is 2.40. The molecule has 0 fully saturated rings. The molecule has 0 saturated carbocycles. The van der Waals surface area contributed by atoms with E-state index in [1.54, 1.807) is 42.5 Å². The topological polar surface area (TPSA) is 96.5 Å². The van der Waals surface area contributed by atoms with Crippen molar-refractivity contribution < 1.29 is 14.7 Å². The Morgan fingerprint density at radius 2 is 1.85 bits per heavy atom. The van der Waals surface area contributed by atoms with E-state index in [2.05, 4.69) is 4.98 Å². The second kappa shape index (κ2) is 5.83. The van der Waals surface area contributed by atoms with E-state index in [0.29, 0.717) is 5.69 Å². The van der Waals surface area contributed by atoms with Gasteiger partial charge in [0, 0.05) is 11.9 Å². The molecule has 0 radical (unpaired) electrons. The highest BCUT2D eigenvalue weighted by molar-refractivity contribution is 6.09. The third-order valence-corrected chi connectivity index (χ3v) is 2.65. The van der Waals surface area contributed by atoms with Gasteiger partial charge in [0.05, 0.1) is 5.69 Å². The molecule has 0 atom stereocenters. The summed E-state index contributed by atoms with van der Waals surface area (Å²) in [5, 5.41) is 8.96. The van der Waals surface area contributed by atoms with E-state index >= 15 is 0 Å². The van der Waals surface area contributed by atoms with Crippen LogP contribution in [0, 0.1) is 0 Å². The third kappa shape index (κ3) is 2.92. The molecule has 1 heterocycles. The Bertz CT molecular complexity index is 629. The Hall–Kier alpha value is -2.89. The van der Waals surface area contributed by atoms with Gasteiger partial charge < -0.3 is 10.8 Å². The maximum Gasteiger partial charge on any atom is 0.323 e. The molecule has 0 bridgehead atoms. The molecule has 0 aliphatic rings. The lowest BCUT2D eigenvalue weighted by Crippen LogP contribution is -2.36. The van der Waals surface area contributed by atoms with Gasteiger partial charge in [-0.05, 0) is 24.3 Å². The fourth-order valence-corrected chi connectivity index (χ4v) is 1.75. The number of nitrogens with two attached hydrogens (primary N) is 1. The first-order valence-electron chi connectivity index (χ1n) is 5.89. The van der Waals surface area contributed by atoms with Gasteiger partial charge in [0.2, 0.25) is 0 Å². The molecule has 1 amide bonds. The number of nitrogen functional groups attached to an aromatic ring is 1. The van der Waals surface area contributed by atoms with Gasteiger partial charge in [-0.3, -0.25) is 14.5 Å². The number of carbonyl (C=O) groups is 2. The number of hydrogen-bond donors (Lipinski definition) is 2. The standard InChI is InChI=1S/C14H13N3O3/c15-11-7-4-8-16-13(11)14(20)17(9-12(18)19)10-5-2-1-3-6-10/h1-8H,9,15H2,(H,18,19). The summed E-state index contributed by atoms with van der Waals surface area (Å²) in [5.41, 5.74) is 6.44. The molecule has 2 rings (SSSR count). The number of hydrogen-bond acceptors (Lipinski definition) is 4. The van der Waals surface area contributed by atoms with Crippen LogP contribution in [0.4, 0.5) is 11.4 Å². The highest BCUT2D eigenvalue weighted by Gasteiger charge is 2.22. The van der Waals surface area contributed by atoms with Crippen molar-refractivity contribution in [2.24, 2.45) is 0 Å². The average molecular weight is 271 g/mol. The molecule has 0 saturated heterocycles. The number of carboxylic acids is 1. The van der Waals surface area contributed by atoms with Gasteiger partial charge in [0.1, 0.15) is 6.54 Å².